The summed E-state index contributed by atoms with van der Waals surface area (Å²) in [6, 6.07) is 37.0. The number of nitrogens with zero attached hydrogens (tertiary/aromatic N) is 6. The minimum absolute atomic E-state index is 0.889. The third-order valence-electron chi connectivity index (χ3n) is 8.30. The van der Waals surface area contributed by atoms with Gasteiger partial charge in [-0.25, -0.2) is 9.97 Å². The summed E-state index contributed by atoms with van der Waals surface area (Å²) < 4.78 is 8.85. The molecule has 0 saturated heterocycles. The van der Waals surface area contributed by atoms with Gasteiger partial charge in [-0.1, -0.05) is 48.5 Å². The molecule has 0 aliphatic carbocycles. The molecule has 0 N–H and O–H groups in total. The quantitative estimate of drug-likeness (QED) is 0.234. The summed E-state index contributed by atoms with van der Waals surface area (Å²) in [5, 5.41) is 5.99. The molecular weight excluding hydrogens is 504 g/mol. The smallest absolute Gasteiger partial charge is 0.213 e. The van der Waals surface area contributed by atoms with E-state index in [9.17, 15) is 0 Å². The number of imidazole rings is 1. The first kappa shape index (κ1) is 22.2. The maximum absolute atomic E-state index is 4.81. The Kier molecular flexibility index (Phi) is 4.44. The molecule has 5 aromatic heterocycles. The summed E-state index contributed by atoms with van der Waals surface area (Å²) in [7, 11) is 2.02. The van der Waals surface area contributed by atoms with Crippen LogP contribution in [0.3, 0.4) is 0 Å². The molecule has 0 atom stereocenters. The van der Waals surface area contributed by atoms with Gasteiger partial charge in [0, 0.05) is 70.1 Å². The Balaban J connectivity index is 1.35. The van der Waals surface area contributed by atoms with Crippen LogP contribution in [0.1, 0.15) is 0 Å². The highest BCUT2D eigenvalue weighted by molar-refractivity contribution is 6.11. The third kappa shape index (κ3) is 3.07. The van der Waals surface area contributed by atoms with E-state index in [0.29, 0.717) is 0 Å². The number of hydrogen-bond acceptors (Lipinski definition) is 2. The van der Waals surface area contributed by atoms with Gasteiger partial charge in [-0.2, -0.15) is 0 Å². The highest BCUT2D eigenvalue weighted by Crippen LogP contribution is 2.37. The van der Waals surface area contributed by atoms with Crippen LogP contribution in [0.15, 0.2) is 128 Å². The monoisotopic (exact) mass is 528 g/mol. The topological polar surface area (TPSA) is 45.5 Å². The molecule has 6 nitrogen and oxygen atoms in total. The number of aryl methyl sites for hydroxylation is 1. The minimum atomic E-state index is 0.889. The van der Waals surface area contributed by atoms with Gasteiger partial charge in [0.05, 0.1) is 22.1 Å². The highest BCUT2D eigenvalue weighted by atomic mass is 15.2. The van der Waals surface area contributed by atoms with E-state index in [1.807, 2.05) is 36.3 Å². The van der Waals surface area contributed by atoms with Crippen molar-refractivity contribution in [2.45, 2.75) is 0 Å². The van der Waals surface area contributed by atoms with Gasteiger partial charge in [-0.3, -0.25) is 9.13 Å². The van der Waals surface area contributed by atoms with E-state index < -0.39 is 0 Å². The zero-order valence-electron chi connectivity index (χ0n) is 22.3. The summed E-state index contributed by atoms with van der Waals surface area (Å²) in [6.45, 7) is 0. The first-order valence-electron chi connectivity index (χ1n) is 13.7. The molecule has 0 fully saturated rings. The van der Waals surface area contributed by atoms with E-state index in [1.54, 1.807) is 0 Å². The minimum Gasteiger partial charge on any atom is -0.320 e. The van der Waals surface area contributed by atoms with Gasteiger partial charge in [0.2, 0.25) is 5.95 Å². The maximum Gasteiger partial charge on any atom is 0.213 e. The SMILES string of the molecule is Cn1ccnc1-n1ccc2ccc(-n3c4ccccc4c4ccc(-n5c6ccccc6c6cccnc65)cc43)cc21. The lowest BCUT2D eigenvalue weighted by atomic mass is 10.1. The van der Waals surface area contributed by atoms with Crippen molar-refractivity contribution in [3.63, 3.8) is 0 Å². The van der Waals surface area contributed by atoms with Gasteiger partial charge in [-0.05, 0) is 54.6 Å². The predicted molar refractivity (Wildman–Crippen MR) is 167 cm³/mol. The fraction of sp³-hybridized carbons (Fsp3) is 0.0286. The van der Waals surface area contributed by atoms with Crippen molar-refractivity contribution in [1.29, 1.82) is 0 Å². The zero-order chi connectivity index (χ0) is 27.1. The number of pyridine rings is 1. The predicted octanol–water partition coefficient (Wildman–Crippen LogP) is 7.95. The lowest BCUT2D eigenvalue weighted by Gasteiger charge is -2.12. The Morgan fingerprint density at radius 3 is 2.02 bits per heavy atom. The van der Waals surface area contributed by atoms with E-state index in [0.717, 1.165) is 44.9 Å². The Hall–Kier alpha value is -5.62. The molecule has 6 heteroatoms. The molecule has 4 aromatic carbocycles. The molecule has 0 radical (unpaired) electrons. The van der Waals surface area contributed by atoms with Gasteiger partial charge >= 0.3 is 0 Å². The van der Waals surface area contributed by atoms with Crippen LogP contribution in [0.4, 0.5) is 0 Å². The number of fused-ring (bicyclic) bond motifs is 7. The molecule has 9 rings (SSSR count). The summed E-state index contributed by atoms with van der Waals surface area (Å²) in [5.74, 6) is 0.889. The molecule has 0 aliphatic heterocycles. The van der Waals surface area contributed by atoms with Crippen LogP contribution >= 0.6 is 0 Å². The summed E-state index contributed by atoms with van der Waals surface area (Å²) in [5.41, 5.74) is 7.75. The number of hydrogen-bond donors (Lipinski definition) is 0. The Labute approximate surface area is 234 Å². The molecule has 0 unspecified atom stereocenters. The first-order valence-corrected chi connectivity index (χ1v) is 13.7. The van der Waals surface area contributed by atoms with Crippen LogP contribution in [0.25, 0.3) is 72.0 Å². The molecule has 0 saturated carbocycles. The summed E-state index contributed by atoms with van der Waals surface area (Å²) in [4.78, 5) is 9.41. The van der Waals surface area contributed by atoms with Gasteiger partial charge in [0.1, 0.15) is 5.65 Å². The summed E-state index contributed by atoms with van der Waals surface area (Å²) in [6.07, 6.45) is 7.78. The van der Waals surface area contributed by atoms with E-state index in [-0.39, 0.29) is 0 Å². The number of aromatic nitrogens is 6. The molecule has 41 heavy (non-hydrogen) atoms. The van der Waals surface area contributed by atoms with Crippen LogP contribution in [-0.2, 0) is 7.05 Å². The van der Waals surface area contributed by atoms with Crippen LogP contribution in [0.5, 0.6) is 0 Å². The van der Waals surface area contributed by atoms with Crippen molar-refractivity contribution in [2.75, 3.05) is 0 Å². The summed E-state index contributed by atoms with van der Waals surface area (Å²) >= 11 is 0. The Bertz CT molecular complexity index is 2400. The van der Waals surface area contributed by atoms with Crippen LogP contribution in [0.2, 0.25) is 0 Å². The van der Waals surface area contributed by atoms with E-state index in [2.05, 4.69) is 122 Å². The lowest BCUT2D eigenvalue weighted by Crippen LogP contribution is -2.02. The Morgan fingerprint density at radius 2 is 1.20 bits per heavy atom. The number of benzene rings is 4. The fourth-order valence-electron chi connectivity index (χ4n) is 6.45. The van der Waals surface area contributed by atoms with Gasteiger partial charge in [-0.15, -0.1) is 0 Å². The van der Waals surface area contributed by atoms with Gasteiger partial charge in [0.15, 0.2) is 0 Å². The largest absolute Gasteiger partial charge is 0.320 e. The van der Waals surface area contributed by atoms with Crippen molar-refractivity contribution in [2.24, 2.45) is 7.05 Å². The van der Waals surface area contributed by atoms with Crippen molar-refractivity contribution < 1.29 is 0 Å². The molecule has 194 valence electrons. The standard InChI is InChI=1S/C35H24N6/c1-38-20-18-37-35(38)39-19-16-23-12-13-24(21-32(23)39)40-30-10-4-2-7-26(30)28-15-14-25(22-33(28)40)41-31-11-5-3-8-27(31)29-9-6-17-36-34(29)41/h2-22H,1H3. The Morgan fingerprint density at radius 1 is 0.512 bits per heavy atom. The average Bonchev–Trinajstić information content (AvgIpc) is 3.78. The third-order valence-corrected chi connectivity index (χ3v) is 8.30. The molecular formula is C35H24N6. The first-order chi connectivity index (χ1) is 20.3. The van der Waals surface area contributed by atoms with Gasteiger partial charge < -0.3 is 9.13 Å². The second-order valence-corrected chi connectivity index (χ2v) is 10.5. The zero-order valence-corrected chi connectivity index (χ0v) is 22.3. The van der Waals surface area contributed by atoms with Crippen LogP contribution < -0.4 is 0 Å². The van der Waals surface area contributed by atoms with Crippen LogP contribution in [-0.4, -0.2) is 28.2 Å². The van der Waals surface area contributed by atoms with Crippen molar-refractivity contribution >= 4 is 54.6 Å². The van der Waals surface area contributed by atoms with E-state index in [1.165, 1.54) is 27.1 Å². The second-order valence-electron chi connectivity index (χ2n) is 10.5. The highest BCUT2D eigenvalue weighted by Gasteiger charge is 2.17. The molecule has 0 amide bonds. The van der Waals surface area contributed by atoms with Crippen molar-refractivity contribution in [3.05, 3.63) is 128 Å². The van der Waals surface area contributed by atoms with E-state index >= 15 is 0 Å². The second kappa shape index (κ2) is 8.19. The van der Waals surface area contributed by atoms with E-state index in [4.69, 9.17) is 4.98 Å². The van der Waals surface area contributed by atoms with Crippen LogP contribution in [0, 0.1) is 0 Å². The lowest BCUT2D eigenvalue weighted by molar-refractivity contribution is 0.835. The van der Waals surface area contributed by atoms with Crippen molar-refractivity contribution in [1.82, 2.24) is 28.2 Å². The number of para-hydroxylation sites is 2. The fourth-order valence-corrected chi connectivity index (χ4v) is 6.45. The molecule has 0 aliphatic rings. The number of rotatable bonds is 3. The van der Waals surface area contributed by atoms with Gasteiger partial charge in [0.25, 0.3) is 0 Å². The molecule has 0 spiro atoms. The van der Waals surface area contributed by atoms with Crippen molar-refractivity contribution in [3.8, 4) is 17.3 Å². The molecule has 5 heterocycles. The average molecular weight is 529 g/mol. The maximum atomic E-state index is 4.81. The normalized spacial score (nSPS) is 12.0. The molecule has 9 aromatic rings. The molecule has 0 bridgehead atoms.